The van der Waals surface area contributed by atoms with Crippen LogP contribution in [-0.2, 0) is 0 Å². The van der Waals surface area contributed by atoms with E-state index in [0.717, 1.165) is 25.9 Å². The summed E-state index contributed by atoms with van der Waals surface area (Å²) in [4.78, 5) is 17.3. The highest BCUT2D eigenvalue weighted by Crippen LogP contribution is 2.39. The van der Waals surface area contributed by atoms with Gasteiger partial charge in [0, 0.05) is 20.1 Å². The molecule has 1 N–H and O–H groups in total. The molecule has 116 valence electrons. The van der Waals surface area contributed by atoms with E-state index in [2.05, 4.69) is 29.0 Å². The molecule has 0 radical (unpaired) electrons. The van der Waals surface area contributed by atoms with Gasteiger partial charge in [-0.15, -0.1) is 0 Å². The number of nitro groups is 1. The normalized spacial score (nSPS) is 17.6. The summed E-state index contributed by atoms with van der Waals surface area (Å²) < 4.78 is 0. The number of nitrogens with one attached hydrogen (secondary N) is 1. The molecule has 0 unspecified atom stereocenters. The van der Waals surface area contributed by atoms with Gasteiger partial charge in [0.2, 0.25) is 0 Å². The number of hydrogen-bond acceptors (Lipinski definition) is 5. The predicted molar refractivity (Wildman–Crippen MR) is 84.9 cm³/mol. The van der Waals surface area contributed by atoms with Crippen LogP contribution >= 0.6 is 0 Å². The number of anilines is 2. The second kappa shape index (κ2) is 6.28. The maximum atomic E-state index is 11.0. The van der Waals surface area contributed by atoms with E-state index < -0.39 is 0 Å². The first-order valence-corrected chi connectivity index (χ1v) is 7.63. The highest BCUT2D eigenvalue weighted by atomic mass is 16.6. The van der Waals surface area contributed by atoms with Crippen molar-refractivity contribution in [3.05, 3.63) is 22.2 Å². The third-order valence-corrected chi connectivity index (χ3v) is 4.91. The van der Waals surface area contributed by atoms with Crippen molar-refractivity contribution in [1.29, 1.82) is 0 Å². The molecule has 1 aliphatic heterocycles. The number of piperidine rings is 1. The van der Waals surface area contributed by atoms with Crippen LogP contribution in [-0.4, -0.2) is 30.0 Å². The van der Waals surface area contributed by atoms with Crippen LogP contribution in [0, 0.1) is 15.5 Å². The van der Waals surface area contributed by atoms with E-state index in [1.807, 2.05) is 0 Å². The smallest absolute Gasteiger partial charge is 0.276 e. The van der Waals surface area contributed by atoms with Crippen molar-refractivity contribution in [3.63, 3.8) is 0 Å². The van der Waals surface area contributed by atoms with Gasteiger partial charge < -0.3 is 10.2 Å². The molecule has 2 heterocycles. The summed E-state index contributed by atoms with van der Waals surface area (Å²) >= 11 is 0. The van der Waals surface area contributed by atoms with Crippen molar-refractivity contribution < 1.29 is 4.92 Å². The first-order valence-electron chi connectivity index (χ1n) is 7.63. The zero-order valence-electron chi connectivity index (χ0n) is 13.1. The minimum Gasteiger partial charge on any atom is -0.373 e. The second-order valence-corrected chi connectivity index (χ2v) is 5.77. The minimum absolute atomic E-state index is 0.0900. The zero-order chi connectivity index (χ0) is 15.5. The topological polar surface area (TPSA) is 71.3 Å². The predicted octanol–water partition coefficient (Wildman–Crippen LogP) is 3.44. The van der Waals surface area contributed by atoms with Gasteiger partial charge in [0.1, 0.15) is 11.6 Å². The molecule has 0 spiro atoms. The Kier molecular flexibility index (Phi) is 4.65. The van der Waals surface area contributed by atoms with E-state index in [4.69, 9.17) is 0 Å². The number of pyridine rings is 1. The SMILES string of the molecule is CCC1(CC)CCN(c2cc([N+](=O)[O-])cc(NC)n2)CC1. The number of hydrogen-bond donors (Lipinski definition) is 1. The summed E-state index contributed by atoms with van der Waals surface area (Å²) in [7, 11) is 1.73. The second-order valence-electron chi connectivity index (χ2n) is 5.77. The Bertz CT molecular complexity index is 504. The lowest BCUT2D eigenvalue weighted by atomic mass is 9.74. The van der Waals surface area contributed by atoms with Gasteiger partial charge in [-0.25, -0.2) is 4.98 Å². The molecule has 1 saturated heterocycles. The van der Waals surface area contributed by atoms with Crippen molar-refractivity contribution in [2.24, 2.45) is 5.41 Å². The molecular formula is C15H24N4O2. The molecule has 2 rings (SSSR count). The van der Waals surface area contributed by atoms with E-state index in [9.17, 15) is 10.1 Å². The Morgan fingerprint density at radius 3 is 2.43 bits per heavy atom. The molecule has 1 fully saturated rings. The van der Waals surface area contributed by atoms with Gasteiger partial charge in [0.15, 0.2) is 0 Å². The molecule has 1 aliphatic rings. The molecule has 6 heteroatoms. The quantitative estimate of drug-likeness (QED) is 0.665. The van der Waals surface area contributed by atoms with Crippen LogP contribution in [0.2, 0.25) is 0 Å². The number of aromatic nitrogens is 1. The van der Waals surface area contributed by atoms with Gasteiger partial charge in [0.05, 0.1) is 17.1 Å². The van der Waals surface area contributed by atoms with Gasteiger partial charge >= 0.3 is 0 Å². The van der Waals surface area contributed by atoms with Crippen LogP contribution < -0.4 is 10.2 Å². The van der Waals surface area contributed by atoms with Crippen molar-refractivity contribution in [3.8, 4) is 0 Å². The van der Waals surface area contributed by atoms with E-state index in [1.54, 1.807) is 13.1 Å². The monoisotopic (exact) mass is 292 g/mol. The molecule has 0 amide bonds. The van der Waals surface area contributed by atoms with Crippen molar-refractivity contribution >= 4 is 17.3 Å². The standard InChI is InChI=1S/C15H24N4O2/c1-4-15(5-2)6-8-18(9-7-15)14-11-12(19(20)21)10-13(16-3)17-14/h10-11H,4-9H2,1-3H3,(H,16,17). The molecule has 0 atom stereocenters. The van der Waals surface area contributed by atoms with Crippen molar-refractivity contribution in [2.45, 2.75) is 39.5 Å². The Labute approximate surface area is 125 Å². The zero-order valence-corrected chi connectivity index (χ0v) is 13.1. The molecule has 0 aliphatic carbocycles. The number of nitrogens with zero attached hydrogens (tertiary/aromatic N) is 3. The minimum atomic E-state index is -0.363. The lowest BCUT2D eigenvalue weighted by molar-refractivity contribution is -0.384. The fourth-order valence-electron chi connectivity index (χ4n) is 3.06. The van der Waals surface area contributed by atoms with Gasteiger partial charge in [-0.3, -0.25) is 10.1 Å². The summed E-state index contributed by atoms with van der Waals surface area (Å²) in [6.45, 7) is 6.34. The summed E-state index contributed by atoms with van der Waals surface area (Å²) in [6.07, 6.45) is 4.64. The maximum absolute atomic E-state index is 11.0. The van der Waals surface area contributed by atoms with E-state index in [1.165, 1.54) is 18.9 Å². The summed E-state index contributed by atoms with van der Waals surface area (Å²) in [5.74, 6) is 1.25. The first kappa shape index (κ1) is 15.5. The Hall–Kier alpha value is -1.85. The molecular weight excluding hydrogens is 268 g/mol. The average Bonchev–Trinajstić information content (AvgIpc) is 2.54. The van der Waals surface area contributed by atoms with Crippen molar-refractivity contribution in [2.75, 3.05) is 30.4 Å². The lowest BCUT2D eigenvalue weighted by Gasteiger charge is -2.41. The first-order chi connectivity index (χ1) is 10.0. The van der Waals surface area contributed by atoms with Crippen LogP contribution in [0.3, 0.4) is 0 Å². The maximum Gasteiger partial charge on any atom is 0.276 e. The van der Waals surface area contributed by atoms with Gasteiger partial charge in [-0.1, -0.05) is 26.7 Å². The summed E-state index contributed by atoms with van der Waals surface area (Å²) in [5, 5.41) is 13.9. The van der Waals surface area contributed by atoms with Crippen molar-refractivity contribution in [1.82, 2.24) is 4.98 Å². The Morgan fingerprint density at radius 1 is 1.33 bits per heavy atom. The molecule has 21 heavy (non-hydrogen) atoms. The highest BCUT2D eigenvalue weighted by Gasteiger charge is 2.32. The fourth-order valence-corrected chi connectivity index (χ4v) is 3.06. The van der Waals surface area contributed by atoms with Gasteiger partial charge in [-0.05, 0) is 18.3 Å². The fraction of sp³-hybridized carbons (Fsp3) is 0.667. The average molecular weight is 292 g/mol. The van der Waals surface area contributed by atoms with E-state index in [-0.39, 0.29) is 10.6 Å². The third-order valence-electron chi connectivity index (χ3n) is 4.91. The molecule has 0 saturated carbocycles. The molecule has 0 aromatic carbocycles. The summed E-state index contributed by atoms with van der Waals surface area (Å²) in [5.41, 5.74) is 0.524. The highest BCUT2D eigenvalue weighted by molar-refractivity contribution is 5.55. The largest absolute Gasteiger partial charge is 0.373 e. The molecule has 1 aromatic heterocycles. The van der Waals surface area contributed by atoms with Crippen LogP contribution in [0.4, 0.5) is 17.3 Å². The molecule has 0 bridgehead atoms. The third kappa shape index (κ3) is 3.25. The van der Waals surface area contributed by atoms with Crippen LogP contribution in [0.5, 0.6) is 0 Å². The Morgan fingerprint density at radius 2 is 1.95 bits per heavy atom. The van der Waals surface area contributed by atoms with Gasteiger partial charge in [0.25, 0.3) is 5.69 Å². The molecule has 6 nitrogen and oxygen atoms in total. The molecule has 1 aromatic rings. The van der Waals surface area contributed by atoms with E-state index >= 15 is 0 Å². The lowest BCUT2D eigenvalue weighted by Crippen LogP contribution is -2.40. The van der Waals surface area contributed by atoms with Gasteiger partial charge in [-0.2, -0.15) is 0 Å². The van der Waals surface area contributed by atoms with Crippen LogP contribution in [0.1, 0.15) is 39.5 Å². The number of rotatable bonds is 5. The Balaban J connectivity index is 2.20. The van der Waals surface area contributed by atoms with E-state index in [0.29, 0.717) is 17.1 Å². The van der Waals surface area contributed by atoms with Crippen LogP contribution in [0.25, 0.3) is 0 Å². The summed E-state index contributed by atoms with van der Waals surface area (Å²) in [6, 6.07) is 3.04. The van der Waals surface area contributed by atoms with Crippen LogP contribution in [0.15, 0.2) is 12.1 Å².